The molecule has 3 N–H and O–H groups in total. The van der Waals surface area contributed by atoms with E-state index in [0.29, 0.717) is 10.8 Å². The molecule has 20 heavy (non-hydrogen) atoms. The minimum atomic E-state index is -0.139. The van der Waals surface area contributed by atoms with Gasteiger partial charge in [-0.3, -0.25) is 0 Å². The van der Waals surface area contributed by atoms with Crippen molar-refractivity contribution in [2.45, 2.75) is 32.2 Å². The fraction of sp³-hybridized carbons (Fsp3) is 0.333. The number of aryl methyl sites for hydroxylation is 1. The lowest BCUT2D eigenvalue weighted by atomic mass is 9.95. The van der Waals surface area contributed by atoms with Gasteiger partial charge in [-0.1, -0.05) is 41.9 Å². The average molecular weight is 291 g/mol. The molecule has 0 saturated heterocycles. The topological polar surface area (TPSA) is 63.8 Å². The Hall–Kier alpha value is -1.81. The SMILES string of the molecule is CC(C)(CCc1ccccc1)Nc1nc(N)ncc1Cl. The number of nitrogen functional groups attached to an aromatic ring is 1. The van der Waals surface area contributed by atoms with Gasteiger partial charge in [-0.25, -0.2) is 4.98 Å². The van der Waals surface area contributed by atoms with Gasteiger partial charge in [0.25, 0.3) is 0 Å². The number of hydrogen-bond donors (Lipinski definition) is 2. The maximum atomic E-state index is 6.08. The summed E-state index contributed by atoms with van der Waals surface area (Å²) in [4.78, 5) is 7.99. The van der Waals surface area contributed by atoms with E-state index < -0.39 is 0 Å². The van der Waals surface area contributed by atoms with Gasteiger partial charge in [-0.05, 0) is 32.3 Å². The highest BCUT2D eigenvalue weighted by molar-refractivity contribution is 6.32. The Kier molecular flexibility index (Phi) is 4.45. The standard InChI is InChI=1S/C15H19ClN4/c1-15(2,9-8-11-6-4-3-5-7-11)20-13-12(16)10-18-14(17)19-13/h3-7,10H,8-9H2,1-2H3,(H3,17,18,19,20). The lowest BCUT2D eigenvalue weighted by molar-refractivity contribution is 0.516. The van der Waals surface area contributed by atoms with Crippen molar-refractivity contribution in [1.29, 1.82) is 0 Å². The maximum Gasteiger partial charge on any atom is 0.222 e. The Morgan fingerprint density at radius 2 is 1.95 bits per heavy atom. The van der Waals surface area contributed by atoms with E-state index >= 15 is 0 Å². The number of rotatable bonds is 5. The van der Waals surface area contributed by atoms with Crippen LogP contribution in [0.1, 0.15) is 25.8 Å². The molecule has 1 aromatic heterocycles. The van der Waals surface area contributed by atoms with Crippen LogP contribution in [-0.4, -0.2) is 15.5 Å². The lowest BCUT2D eigenvalue weighted by Gasteiger charge is -2.27. The van der Waals surface area contributed by atoms with Crippen LogP contribution in [0.5, 0.6) is 0 Å². The van der Waals surface area contributed by atoms with E-state index in [1.165, 1.54) is 11.8 Å². The Bertz CT molecular complexity index is 569. The number of benzene rings is 1. The van der Waals surface area contributed by atoms with Crippen LogP contribution >= 0.6 is 11.6 Å². The summed E-state index contributed by atoms with van der Waals surface area (Å²) in [5, 5.41) is 3.81. The van der Waals surface area contributed by atoms with E-state index in [4.69, 9.17) is 17.3 Å². The molecular formula is C15H19ClN4. The molecule has 0 aliphatic rings. The molecule has 0 radical (unpaired) electrons. The third kappa shape index (κ3) is 4.10. The molecule has 0 aliphatic heterocycles. The molecule has 0 aliphatic carbocycles. The average Bonchev–Trinajstić information content (AvgIpc) is 2.42. The zero-order chi connectivity index (χ0) is 14.6. The summed E-state index contributed by atoms with van der Waals surface area (Å²) in [5.74, 6) is 0.799. The van der Waals surface area contributed by atoms with Crippen LogP contribution in [0.2, 0.25) is 5.02 Å². The molecule has 5 heteroatoms. The number of nitrogens with one attached hydrogen (secondary N) is 1. The van der Waals surface area contributed by atoms with E-state index in [1.807, 2.05) is 6.07 Å². The number of anilines is 2. The van der Waals surface area contributed by atoms with Gasteiger partial charge in [-0.2, -0.15) is 4.98 Å². The summed E-state index contributed by atoms with van der Waals surface area (Å²) in [6.07, 6.45) is 3.45. The Morgan fingerprint density at radius 3 is 2.65 bits per heavy atom. The van der Waals surface area contributed by atoms with Crippen molar-refractivity contribution in [3.05, 3.63) is 47.1 Å². The highest BCUT2D eigenvalue weighted by atomic mass is 35.5. The van der Waals surface area contributed by atoms with Crippen molar-refractivity contribution in [2.75, 3.05) is 11.1 Å². The van der Waals surface area contributed by atoms with Crippen LogP contribution in [0.4, 0.5) is 11.8 Å². The van der Waals surface area contributed by atoms with Crippen molar-refractivity contribution in [3.8, 4) is 0 Å². The molecule has 0 bridgehead atoms. The summed E-state index contributed by atoms with van der Waals surface area (Å²) >= 11 is 6.08. The number of hydrogen-bond acceptors (Lipinski definition) is 4. The molecule has 0 atom stereocenters. The number of halogens is 1. The molecule has 2 rings (SSSR count). The smallest absolute Gasteiger partial charge is 0.222 e. The third-order valence-electron chi connectivity index (χ3n) is 3.10. The second-order valence-electron chi connectivity index (χ2n) is 5.42. The summed E-state index contributed by atoms with van der Waals surface area (Å²) in [5.41, 5.74) is 6.77. The van der Waals surface area contributed by atoms with Crippen LogP contribution in [0.25, 0.3) is 0 Å². The van der Waals surface area contributed by atoms with Gasteiger partial charge in [-0.15, -0.1) is 0 Å². The molecule has 0 fully saturated rings. The molecule has 0 saturated carbocycles. The number of nitrogens with zero attached hydrogens (tertiary/aromatic N) is 2. The van der Waals surface area contributed by atoms with E-state index in [0.717, 1.165) is 12.8 Å². The quantitative estimate of drug-likeness (QED) is 0.884. The minimum Gasteiger partial charge on any atom is -0.368 e. The third-order valence-corrected chi connectivity index (χ3v) is 3.38. The molecule has 1 aromatic carbocycles. The molecular weight excluding hydrogens is 272 g/mol. The summed E-state index contributed by atoms with van der Waals surface area (Å²) in [6, 6.07) is 10.4. The van der Waals surface area contributed by atoms with Crippen molar-refractivity contribution < 1.29 is 0 Å². The van der Waals surface area contributed by atoms with Crippen LogP contribution in [0, 0.1) is 0 Å². The molecule has 0 spiro atoms. The van der Waals surface area contributed by atoms with Crippen LogP contribution in [0.3, 0.4) is 0 Å². The van der Waals surface area contributed by atoms with Gasteiger partial charge < -0.3 is 11.1 Å². The second-order valence-corrected chi connectivity index (χ2v) is 5.83. The molecule has 0 amide bonds. The predicted octanol–water partition coefficient (Wildman–Crippen LogP) is 3.54. The first-order valence-corrected chi connectivity index (χ1v) is 6.94. The van der Waals surface area contributed by atoms with Crippen LogP contribution < -0.4 is 11.1 Å². The van der Waals surface area contributed by atoms with E-state index in [1.54, 1.807) is 0 Å². The van der Waals surface area contributed by atoms with Crippen molar-refractivity contribution in [1.82, 2.24) is 9.97 Å². The highest BCUT2D eigenvalue weighted by Gasteiger charge is 2.19. The predicted molar refractivity (Wildman–Crippen MR) is 83.9 cm³/mol. The monoisotopic (exact) mass is 290 g/mol. The highest BCUT2D eigenvalue weighted by Crippen LogP contribution is 2.24. The molecule has 106 valence electrons. The Balaban J connectivity index is 2.01. The van der Waals surface area contributed by atoms with Crippen LogP contribution in [-0.2, 0) is 6.42 Å². The van der Waals surface area contributed by atoms with Crippen molar-refractivity contribution in [2.24, 2.45) is 0 Å². The largest absolute Gasteiger partial charge is 0.368 e. The van der Waals surface area contributed by atoms with E-state index in [2.05, 4.69) is 53.4 Å². The Morgan fingerprint density at radius 1 is 1.25 bits per heavy atom. The molecule has 2 aromatic rings. The second kappa shape index (κ2) is 6.09. The van der Waals surface area contributed by atoms with Gasteiger partial charge in [0.2, 0.25) is 5.95 Å². The summed E-state index contributed by atoms with van der Waals surface area (Å²) in [6.45, 7) is 4.23. The van der Waals surface area contributed by atoms with Gasteiger partial charge in [0.15, 0.2) is 5.82 Å². The number of nitrogens with two attached hydrogens (primary N) is 1. The first kappa shape index (κ1) is 14.6. The molecule has 4 nitrogen and oxygen atoms in total. The Labute approximate surface area is 124 Å². The van der Waals surface area contributed by atoms with Crippen molar-refractivity contribution in [3.63, 3.8) is 0 Å². The number of aromatic nitrogens is 2. The first-order valence-electron chi connectivity index (χ1n) is 6.56. The maximum absolute atomic E-state index is 6.08. The van der Waals surface area contributed by atoms with E-state index in [9.17, 15) is 0 Å². The normalized spacial score (nSPS) is 11.3. The van der Waals surface area contributed by atoms with E-state index in [-0.39, 0.29) is 11.5 Å². The van der Waals surface area contributed by atoms with Crippen LogP contribution in [0.15, 0.2) is 36.5 Å². The van der Waals surface area contributed by atoms with Gasteiger partial charge in [0.05, 0.1) is 6.20 Å². The van der Waals surface area contributed by atoms with Crippen molar-refractivity contribution >= 4 is 23.4 Å². The molecule has 0 unspecified atom stereocenters. The lowest BCUT2D eigenvalue weighted by Crippen LogP contribution is -2.32. The van der Waals surface area contributed by atoms with Gasteiger partial charge in [0.1, 0.15) is 5.02 Å². The van der Waals surface area contributed by atoms with Gasteiger partial charge in [0, 0.05) is 5.54 Å². The summed E-state index contributed by atoms with van der Waals surface area (Å²) in [7, 11) is 0. The zero-order valence-electron chi connectivity index (χ0n) is 11.7. The molecule has 1 heterocycles. The first-order chi connectivity index (χ1) is 9.46. The fourth-order valence-corrected chi connectivity index (χ4v) is 2.09. The zero-order valence-corrected chi connectivity index (χ0v) is 12.5. The fourth-order valence-electron chi connectivity index (χ4n) is 1.95. The minimum absolute atomic E-state index is 0.139. The summed E-state index contributed by atoms with van der Waals surface area (Å²) < 4.78 is 0. The van der Waals surface area contributed by atoms with Gasteiger partial charge >= 0.3 is 0 Å².